The van der Waals surface area contributed by atoms with Crippen molar-refractivity contribution in [1.29, 1.82) is 0 Å². The van der Waals surface area contributed by atoms with Crippen molar-refractivity contribution < 1.29 is 13.9 Å². The molecule has 19 heavy (non-hydrogen) atoms. The van der Waals surface area contributed by atoms with Crippen molar-refractivity contribution in [3.63, 3.8) is 0 Å². The smallest absolute Gasteiger partial charge is 0.120 e. The number of aryl methyl sites for hydroxylation is 1. The van der Waals surface area contributed by atoms with Gasteiger partial charge in [0.25, 0.3) is 0 Å². The quantitative estimate of drug-likeness (QED) is 0.737. The molecule has 5 heteroatoms. The van der Waals surface area contributed by atoms with Gasteiger partial charge in [-0.05, 0) is 25.5 Å². The van der Waals surface area contributed by atoms with Crippen LogP contribution < -0.4 is 5.73 Å². The predicted molar refractivity (Wildman–Crippen MR) is 75.0 cm³/mol. The van der Waals surface area contributed by atoms with Crippen molar-refractivity contribution in [2.45, 2.75) is 33.0 Å². The van der Waals surface area contributed by atoms with Crippen LogP contribution >= 0.6 is 0 Å². The van der Waals surface area contributed by atoms with Gasteiger partial charge < -0.3 is 19.6 Å². The lowest BCUT2D eigenvalue weighted by Crippen LogP contribution is -2.37. The Morgan fingerprint density at radius 2 is 2.11 bits per heavy atom. The largest absolute Gasteiger partial charge is 0.463 e. The van der Waals surface area contributed by atoms with Crippen molar-refractivity contribution >= 4 is 0 Å². The molecule has 1 heterocycles. The number of furan rings is 1. The molecule has 0 aliphatic heterocycles. The molecule has 0 bridgehead atoms. The Morgan fingerprint density at radius 1 is 1.37 bits per heavy atom. The van der Waals surface area contributed by atoms with Crippen molar-refractivity contribution in [3.8, 4) is 0 Å². The minimum Gasteiger partial charge on any atom is -0.463 e. The molecule has 5 nitrogen and oxygen atoms in total. The second-order valence-electron chi connectivity index (χ2n) is 4.79. The van der Waals surface area contributed by atoms with Gasteiger partial charge in [-0.1, -0.05) is 0 Å². The maximum atomic E-state index is 5.75. The Balaban J connectivity index is 2.68. The van der Waals surface area contributed by atoms with E-state index in [0.29, 0.717) is 25.8 Å². The Hall–Kier alpha value is -0.880. The molecule has 1 aromatic rings. The van der Waals surface area contributed by atoms with Crippen LogP contribution in [0, 0.1) is 6.92 Å². The van der Waals surface area contributed by atoms with Crippen LogP contribution in [0.15, 0.2) is 10.5 Å². The third-order valence-corrected chi connectivity index (χ3v) is 3.23. The Labute approximate surface area is 115 Å². The summed E-state index contributed by atoms with van der Waals surface area (Å²) >= 11 is 0. The van der Waals surface area contributed by atoms with E-state index < -0.39 is 0 Å². The van der Waals surface area contributed by atoms with Crippen LogP contribution in [0.5, 0.6) is 0 Å². The van der Waals surface area contributed by atoms with E-state index in [1.807, 2.05) is 6.92 Å². The number of methoxy groups -OCH3 is 2. The van der Waals surface area contributed by atoms with Gasteiger partial charge >= 0.3 is 0 Å². The molecule has 0 spiro atoms. The van der Waals surface area contributed by atoms with E-state index in [2.05, 4.69) is 17.9 Å². The molecule has 0 radical (unpaired) electrons. The fourth-order valence-corrected chi connectivity index (χ4v) is 2.08. The van der Waals surface area contributed by atoms with E-state index in [1.54, 1.807) is 14.2 Å². The predicted octanol–water partition coefficient (Wildman–Crippen LogP) is 1.53. The molecule has 0 aliphatic rings. The monoisotopic (exact) mass is 270 g/mol. The van der Waals surface area contributed by atoms with Crippen molar-refractivity contribution in [3.05, 3.63) is 23.2 Å². The number of rotatable bonds is 9. The third-order valence-electron chi connectivity index (χ3n) is 3.23. The molecule has 0 fully saturated rings. The summed E-state index contributed by atoms with van der Waals surface area (Å²) in [5.74, 6) is 1.80. The summed E-state index contributed by atoms with van der Waals surface area (Å²) in [6, 6.07) is 2.37. The summed E-state index contributed by atoms with van der Waals surface area (Å²) in [5.41, 5.74) is 6.75. The van der Waals surface area contributed by atoms with Gasteiger partial charge in [0, 0.05) is 26.8 Å². The zero-order valence-electron chi connectivity index (χ0n) is 12.4. The van der Waals surface area contributed by atoms with E-state index in [0.717, 1.165) is 30.2 Å². The Kier molecular flexibility index (Phi) is 7.09. The van der Waals surface area contributed by atoms with E-state index in [1.165, 1.54) is 0 Å². The van der Waals surface area contributed by atoms with Crippen LogP contribution in [0.25, 0.3) is 0 Å². The molecule has 1 atom stereocenters. The second kappa shape index (κ2) is 8.32. The van der Waals surface area contributed by atoms with Crippen LogP contribution in [-0.4, -0.2) is 44.9 Å². The van der Waals surface area contributed by atoms with Gasteiger partial charge in [0.1, 0.15) is 11.5 Å². The molecule has 1 rings (SSSR count). The van der Waals surface area contributed by atoms with E-state index in [-0.39, 0.29) is 0 Å². The molecular formula is C14H26N2O3. The van der Waals surface area contributed by atoms with Gasteiger partial charge in [0.15, 0.2) is 0 Å². The van der Waals surface area contributed by atoms with Crippen LogP contribution in [0.2, 0.25) is 0 Å². The first kappa shape index (κ1) is 16.2. The van der Waals surface area contributed by atoms with Gasteiger partial charge in [0.05, 0.1) is 26.3 Å². The van der Waals surface area contributed by atoms with Gasteiger partial charge in [-0.2, -0.15) is 0 Å². The van der Waals surface area contributed by atoms with Crippen LogP contribution in [0.4, 0.5) is 0 Å². The summed E-state index contributed by atoms with van der Waals surface area (Å²) < 4.78 is 16.1. The average Bonchev–Trinajstić information content (AvgIpc) is 2.74. The summed E-state index contributed by atoms with van der Waals surface area (Å²) in [5, 5.41) is 0. The first-order chi connectivity index (χ1) is 9.12. The highest BCUT2D eigenvalue weighted by atomic mass is 16.5. The highest BCUT2D eigenvalue weighted by Gasteiger charge is 2.16. The van der Waals surface area contributed by atoms with Gasteiger partial charge in [-0.25, -0.2) is 0 Å². The summed E-state index contributed by atoms with van der Waals surface area (Å²) in [4.78, 5) is 2.28. The molecule has 0 aliphatic carbocycles. The molecule has 0 saturated carbocycles. The van der Waals surface area contributed by atoms with Gasteiger partial charge in [-0.3, -0.25) is 4.90 Å². The summed E-state index contributed by atoms with van der Waals surface area (Å²) in [6.07, 6.45) is 0. The Bertz CT molecular complexity index is 366. The lowest BCUT2D eigenvalue weighted by Gasteiger charge is -2.27. The molecule has 0 amide bonds. The third kappa shape index (κ3) is 4.95. The van der Waals surface area contributed by atoms with Gasteiger partial charge in [0.2, 0.25) is 0 Å². The van der Waals surface area contributed by atoms with E-state index in [4.69, 9.17) is 19.6 Å². The lowest BCUT2D eigenvalue weighted by atomic mass is 10.2. The standard InChI is InChI=1S/C14H26N2O3/c1-11-7-13(19-14(11)8-15)9-16(5-6-17-3)12(2)10-18-4/h7,12H,5-6,8-10,15H2,1-4H3. The number of hydrogen-bond donors (Lipinski definition) is 1. The van der Waals surface area contributed by atoms with Crippen molar-refractivity contribution in [2.24, 2.45) is 5.73 Å². The first-order valence-corrected chi connectivity index (χ1v) is 6.62. The van der Waals surface area contributed by atoms with E-state index >= 15 is 0 Å². The highest BCUT2D eigenvalue weighted by Crippen LogP contribution is 2.17. The normalized spacial score (nSPS) is 13.2. The lowest BCUT2D eigenvalue weighted by molar-refractivity contribution is 0.0661. The second-order valence-corrected chi connectivity index (χ2v) is 4.79. The first-order valence-electron chi connectivity index (χ1n) is 6.62. The number of nitrogens with zero attached hydrogens (tertiary/aromatic N) is 1. The van der Waals surface area contributed by atoms with E-state index in [9.17, 15) is 0 Å². The van der Waals surface area contributed by atoms with Gasteiger partial charge in [-0.15, -0.1) is 0 Å². The Morgan fingerprint density at radius 3 is 2.63 bits per heavy atom. The topological polar surface area (TPSA) is 60.9 Å². The van der Waals surface area contributed by atoms with Crippen LogP contribution in [0.3, 0.4) is 0 Å². The molecule has 1 unspecified atom stereocenters. The number of ether oxygens (including phenoxy) is 2. The fraction of sp³-hybridized carbons (Fsp3) is 0.714. The van der Waals surface area contributed by atoms with Crippen molar-refractivity contribution in [1.82, 2.24) is 4.90 Å². The maximum Gasteiger partial charge on any atom is 0.120 e. The zero-order chi connectivity index (χ0) is 14.3. The molecular weight excluding hydrogens is 244 g/mol. The molecule has 0 aromatic carbocycles. The summed E-state index contributed by atoms with van der Waals surface area (Å²) in [6.45, 7) is 7.57. The van der Waals surface area contributed by atoms with Crippen LogP contribution in [-0.2, 0) is 22.6 Å². The minimum absolute atomic E-state index is 0.312. The number of hydrogen-bond acceptors (Lipinski definition) is 5. The molecule has 0 saturated heterocycles. The average molecular weight is 270 g/mol. The SMILES string of the molecule is COCCN(Cc1cc(C)c(CN)o1)C(C)COC. The number of nitrogens with two attached hydrogens (primary N) is 1. The van der Waals surface area contributed by atoms with Crippen LogP contribution in [0.1, 0.15) is 24.0 Å². The fourth-order valence-electron chi connectivity index (χ4n) is 2.08. The molecule has 2 N–H and O–H groups in total. The summed E-state index contributed by atoms with van der Waals surface area (Å²) in [7, 11) is 3.43. The van der Waals surface area contributed by atoms with Crippen molar-refractivity contribution in [2.75, 3.05) is 34.0 Å². The minimum atomic E-state index is 0.312. The molecule has 1 aromatic heterocycles. The highest BCUT2D eigenvalue weighted by molar-refractivity contribution is 5.19. The zero-order valence-corrected chi connectivity index (χ0v) is 12.4. The maximum absolute atomic E-state index is 5.75. The molecule has 110 valence electrons.